The van der Waals surface area contributed by atoms with E-state index in [1.165, 1.54) is 6.07 Å². The van der Waals surface area contributed by atoms with E-state index in [4.69, 9.17) is 14.0 Å². The largest absolute Gasteiger partial charge is 0.486 e. The van der Waals surface area contributed by atoms with Crippen LogP contribution in [0.15, 0.2) is 40.9 Å². The number of Topliss-reactive ketones (excluding diaryl/α,β-unsaturated/α-hetero) is 1. The summed E-state index contributed by atoms with van der Waals surface area (Å²) in [4.78, 5) is 19.6. The van der Waals surface area contributed by atoms with Crippen molar-refractivity contribution in [2.75, 3.05) is 26.3 Å². The summed E-state index contributed by atoms with van der Waals surface area (Å²) in [5.74, 6) is 2.01. The lowest BCUT2D eigenvalue weighted by Gasteiger charge is -2.30. The van der Waals surface area contributed by atoms with E-state index in [0.717, 1.165) is 25.9 Å². The van der Waals surface area contributed by atoms with Crippen LogP contribution in [0.1, 0.15) is 34.7 Å². The van der Waals surface area contributed by atoms with Crippen molar-refractivity contribution in [2.45, 2.75) is 26.3 Å². The highest BCUT2D eigenvalue weighted by Crippen LogP contribution is 2.32. The molecule has 0 N–H and O–H groups in total. The summed E-state index contributed by atoms with van der Waals surface area (Å²) >= 11 is 0. The number of piperidine rings is 1. The highest BCUT2D eigenvalue weighted by Gasteiger charge is 2.27. The van der Waals surface area contributed by atoms with Crippen LogP contribution in [0.25, 0.3) is 11.4 Å². The van der Waals surface area contributed by atoms with Crippen LogP contribution < -0.4 is 9.47 Å². The molecule has 0 amide bonds. The molecule has 0 aliphatic carbocycles. The molecule has 3 aromatic rings. The van der Waals surface area contributed by atoms with Crippen molar-refractivity contribution in [1.29, 1.82) is 0 Å². The standard InChI is InChI=1S/C24H24FN3O4/c1-15-2-3-18(12-19(15)25)24-26-22(32-27-24)14-28-8-6-16(7-9-28)23(29)17-4-5-20-21(13-17)31-11-10-30-20/h2-5,12-13,16H,6-11,14H2,1H3. The molecule has 5 rings (SSSR count). The summed E-state index contributed by atoms with van der Waals surface area (Å²) in [6, 6.07) is 10.3. The van der Waals surface area contributed by atoms with Crippen molar-refractivity contribution < 1.29 is 23.2 Å². The lowest BCUT2D eigenvalue weighted by molar-refractivity contribution is 0.0824. The maximum absolute atomic E-state index is 13.8. The first-order valence-electron chi connectivity index (χ1n) is 10.8. The van der Waals surface area contributed by atoms with Crippen molar-refractivity contribution in [3.63, 3.8) is 0 Å². The summed E-state index contributed by atoms with van der Waals surface area (Å²) in [6.45, 7) is 4.77. The first-order valence-corrected chi connectivity index (χ1v) is 10.8. The summed E-state index contributed by atoms with van der Waals surface area (Å²) in [5.41, 5.74) is 1.83. The van der Waals surface area contributed by atoms with E-state index in [-0.39, 0.29) is 17.5 Å². The zero-order chi connectivity index (χ0) is 22.1. The Morgan fingerprint density at radius 3 is 2.66 bits per heavy atom. The molecule has 166 valence electrons. The average molecular weight is 437 g/mol. The van der Waals surface area contributed by atoms with Gasteiger partial charge in [0.2, 0.25) is 11.7 Å². The Morgan fingerprint density at radius 1 is 1.09 bits per heavy atom. The number of hydrogen-bond donors (Lipinski definition) is 0. The number of carbonyl (C=O) groups excluding carboxylic acids is 1. The van der Waals surface area contributed by atoms with Gasteiger partial charge in [-0.3, -0.25) is 9.69 Å². The Hall–Kier alpha value is -3.26. The second-order valence-corrected chi connectivity index (χ2v) is 8.25. The number of aromatic nitrogens is 2. The van der Waals surface area contributed by atoms with Gasteiger partial charge in [0.05, 0.1) is 6.54 Å². The van der Waals surface area contributed by atoms with Crippen LogP contribution in [0.5, 0.6) is 11.5 Å². The topological polar surface area (TPSA) is 77.7 Å². The van der Waals surface area contributed by atoms with E-state index < -0.39 is 0 Å². The monoisotopic (exact) mass is 437 g/mol. The van der Waals surface area contributed by atoms with E-state index in [2.05, 4.69) is 15.0 Å². The Bertz CT molecular complexity index is 1140. The van der Waals surface area contributed by atoms with Crippen LogP contribution in [-0.4, -0.2) is 47.1 Å². The van der Waals surface area contributed by atoms with E-state index in [0.29, 0.717) is 59.7 Å². The maximum atomic E-state index is 13.8. The van der Waals surface area contributed by atoms with Gasteiger partial charge in [0.1, 0.15) is 19.0 Å². The summed E-state index contributed by atoms with van der Waals surface area (Å²) in [6.07, 6.45) is 1.52. The quantitative estimate of drug-likeness (QED) is 0.557. The van der Waals surface area contributed by atoms with Crippen LogP contribution in [0.4, 0.5) is 4.39 Å². The summed E-state index contributed by atoms with van der Waals surface area (Å²) in [7, 11) is 0. The molecular weight excluding hydrogens is 413 g/mol. The van der Waals surface area contributed by atoms with Crippen molar-refractivity contribution in [1.82, 2.24) is 15.0 Å². The van der Waals surface area contributed by atoms with Crippen LogP contribution >= 0.6 is 0 Å². The number of benzene rings is 2. The predicted molar refractivity (Wildman–Crippen MR) is 114 cm³/mol. The van der Waals surface area contributed by atoms with Gasteiger partial charge in [-0.1, -0.05) is 17.3 Å². The molecule has 0 saturated carbocycles. The fourth-order valence-corrected chi connectivity index (χ4v) is 4.15. The van der Waals surface area contributed by atoms with E-state index >= 15 is 0 Å². The smallest absolute Gasteiger partial charge is 0.241 e. The molecule has 7 nitrogen and oxygen atoms in total. The Kier molecular flexibility index (Phi) is 5.61. The van der Waals surface area contributed by atoms with Gasteiger partial charge in [0, 0.05) is 17.0 Å². The summed E-state index contributed by atoms with van der Waals surface area (Å²) < 4.78 is 30.3. The van der Waals surface area contributed by atoms with E-state index in [1.54, 1.807) is 25.1 Å². The number of aryl methyl sites for hydroxylation is 1. The molecule has 1 saturated heterocycles. The summed E-state index contributed by atoms with van der Waals surface area (Å²) in [5, 5.41) is 3.99. The molecule has 8 heteroatoms. The zero-order valence-electron chi connectivity index (χ0n) is 17.8. The molecule has 0 radical (unpaired) electrons. The van der Waals surface area contributed by atoms with Crippen molar-refractivity contribution in [3.8, 4) is 22.9 Å². The first-order chi connectivity index (χ1) is 15.6. The van der Waals surface area contributed by atoms with Crippen LogP contribution in [-0.2, 0) is 6.54 Å². The normalized spacial score (nSPS) is 16.8. The number of carbonyl (C=O) groups is 1. The molecule has 2 aromatic carbocycles. The third kappa shape index (κ3) is 4.23. The van der Waals surface area contributed by atoms with Gasteiger partial charge >= 0.3 is 0 Å². The number of nitrogens with zero attached hydrogens (tertiary/aromatic N) is 3. The van der Waals surface area contributed by atoms with Gasteiger partial charge in [-0.2, -0.15) is 4.98 Å². The Labute approximate surface area is 185 Å². The molecule has 0 bridgehead atoms. The minimum atomic E-state index is -0.293. The van der Waals surface area contributed by atoms with Gasteiger partial charge in [-0.05, 0) is 62.7 Å². The lowest BCUT2D eigenvalue weighted by Crippen LogP contribution is -2.36. The second-order valence-electron chi connectivity index (χ2n) is 8.25. The number of likely N-dealkylation sites (tertiary alicyclic amines) is 1. The second kappa shape index (κ2) is 8.70. The van der Waals surface area contributed by atoms with Crippen LogP contribution in [0.3, 0.4) is 0 Å². The molecule has 0 unspecified atom stereocenters. The minimum absolute atomic E-state index is 0.0254. The number of hydrogen-bond acceptors (Lipinski definition) is 7. The van der Waals surface area contributed by atoms with Crippen LogP contribution in [0.2, 0.25) is 0 Å². The highest BCUT2D eigenvalue weighted by molar-refractivity contribution is 5.98. The van der Waals surface area contributed by atoms with E-state index in [1.807, 2.05) is 12.1 Å². The number of ether oxygens (including phenoxy) is 2. The molecule has 2 aliphatic rings. The van der Waals surface area contributed by atoms with Crippen LogP contribution in [0, 0.1) is 18.7 Å². The number of fused-ring (bicyclic) bond motifs is 1. The molecule has 3 heterocycles. The minimum Gasteiger partial charge on any atom is -0.486 e. The highest BCUT2D eigenvalue weighted by atomic mass is 19.1. The van der Waals surface area contributed by atoms with Gasteiger partial charge in [-0.25, -0.2) is 4.39 Å². The first kappa shape index (κ1) is 20.6. The number of rotatable bonds is 5. The van der Waals surface area contributed by atoms with Crippen molar-refractivity contribution in [3.05, 3.63) is 59.2 Å². The predicted octanol–water partition coefficient (Wildman–Crippen LogP) is 4.05. The third-order valence-corrected chi connectivity index (χ3v) is 6.04. The number of halogens is 1. The molecule has 0 spiro atoms. The molecule has 0 atom stereocenters. The van der Waals surface area contributed by atoms with Gasteiger partial charge in [0.15, 0.2) is 17.3 Å². The molecule has 1 fully saturated rings. The van der Waals surface area contributed by atoms with Crippen molar-refractivity contribution in [2.24, 2.45) is 5.92 Å². The Balaban J connectivity index is 1.18. The zero-order valence-corrected chi connectivity index (χ0v) is 17.8. The fraction of sp³-hybridized carbons (Fsp3) is 0.375. The van der Waals surface area contributed by atoms with Gasteiger partial charge in [-0.15, -0.1) is 0 Å². The molecule has 32 heavy (non-hydrogen) atoms. The number of ketones is 1. The maximum Gasteiger partial charge on any atom is 0.241 e. The average Bonchev–Trinajstić information content (AvgIpc) is 3.29. The van der Waals surface area contributed by atoms with Gasteiger partial charge in [0.25, 0.3) is 0 Å². The molecule has 1 aromatic heterocycles. The third-order valence-electron chi connectivity index (χ3n) is 6.04. The SMILES string of the molecule is Cc1ccc(-c2noc(CN3CCC(C(=O)c4ccc5c(c4)OCCO5)CC3)n2)cc1F. The van der Waals surface area contributed by atoms with Crippen molar-refractivity contribution >= 4 is 5.78 Å². The molecular formula is C24H24FN3O4. The fourth-order valence-electron chi connectivity index (χ4n) is 4.15. The Morgan fingerprint density at radius 2 is 1.88 bits per heavy atom. The van der Waals surface area contributed by atoms with Gasteiger partial charge < -0.3 is 14.0 Å². The van der Waals surface area contributed by atoms with E-state index in [9.17, 15) is 9.18 Å². The molecule has 2 aliphatic heterocycles. The lowest BCUT2D eigenvalue weighted by atomic mass is 9.88.